The number of aliphatic hydroxyl groups is 1. The molecule has 1 aromatic rings. The molecular weight excluding hydrogens is 202 g/mol. The molecule has 0 saturated carbocycles. The number of aryl methyl sites for hydroxylation is 2. The minimum Gasteiger partial charge on any atom is -0.492 e. The Hall–Kier alpha value is -1.06. The summed E-state index contributed by atoms with van der Waals surface area (Å²) in [5.74, 6) is 0.827. The van der Waals surface area contributed by atoms with Crippen LogP contribution in [0.2, 0.25) is 0 Å². The van der Waals surface area contributed by atoms with Gasteiger partial charge < -0.3 is 15.2 Å². The van der Waals surface area contributed by atoms with Crippen molar-refractivity contribution < 1.29 is 9.84 Å². The van der Waals surface area contributed by atoms with Crippen LogP contribution in [0.15, 0.2) is 12.1 Å². The minimum absolute atomic E-state index is 0.211. The van der Waals surface area contributed by atoms with Crippen LogP contribution in [0.1, 0.15) is 29.2 Å². The van der Waals surface area contributed by atoms with Crippen LogP contribution >= 0.6 is 0 Å². The second-order valence-corrected chi connectivity index (χ2v) is 4.52. The van der Waals surface area contributed by atoms with Crippen molar-refractivity contribution in [2.45, 2.75) is 32.4 Å². The third-order valence-electron chi connectivity index (χ3n) is 3.34. The Morgan fingerprint density at radius 2 is 2.00 bits per heavy atom. The fourth-order valence-corrected chi connectivity index (χ4v) is 2.05. The zero-order valence-corrected chi connectivity index (χ0v) is 10.1. The second-order valence-electron chi connectivity index (χ2n) is 4.52. The van der Waals surface area contributed by atoms with E-state index in [4.69, 9.17) is 4.74 Å². The number of likely N-dealkylation sites (N-methyl/N-ethyl adjacent to an activating group) is 1. The maximum Gasteiger partial charge on any atom is 0.125 e. The molecule has 0 saturated heterocycles. The zero-order valence-electron chi connectivity index (χ0n) is 10.1. The first-order valence-corrected chi connectivity index (χ1v) is 5.71. The Balaban J connectivity index is 2.37. The number of aliphatic hydroxyl groups excluding tert-OH is 1. The molecule has 88 valence electrons. The van der Waals surface area contributed by atoms with Crippen molar-refractivity contribution in [1.82, 2.24) is 5.32 Å². The van der Waals surface area contributed by atoms with Crippen LogP contribution in [0.4, 0.5) is 0 Å². The number of ether oxygens (including phenoxy) is 1. The summed E-state index contributed by atoms with van der Waals surface area (Å²) in [6, 6.07) is 4.27. The quantitative estimate of drug-likeness (QED) is 0.758. The number of hydrogen-bond donors (Lipinski definition) is 2. The highest BCUT2D eigenvalue weighted by Gasteiger charge is 2.23. The summed E-state index contributed by atoms with van der Waals surface area (Å²) < 4.78 is 5.74. The van der Waals surface area contributed by atoms with Gasteiger partial charge in [-0.25, -0.2) is 0 Å². The smallest absolute Gasteiger partial charge is 0.125 e. The van der Waals surface area contributed by atoms with Crippen LogP contribution in [-0.4, -0.2) is 24.8 Å². The molecule has 0 fully saturated rings. The summed E-state index contributed by atoms with van der Waals surface area (Å²) in [5, 5.41) is 13.3. The number of rotatable bonds is 1. The highest BCUT2D eigenvalue weighted by atomic mass is 16.5. The molecule has 2 N–H and O–H groups in total. The Bertz CT molecular complexity index is 390. The molecule has 3 nitrogen and oxygen atoms in total. The Kier molecular flexibility index (Phi) is 3.17. The molecule has 1 aliphatic heterocycles. The van der Waals surface area contributed by atoms with Gasteiger partial charge in [-0.2, -0.15) is 0 Å². The lowest BCUT2D eigenvalue weighted by atomic mass is 9.98. The van der Waals surface area contributed by atoms with Crippen LogP contribution in [-0.2, 0) is 0 Å². The van der Waals surface area contributed by atoms with Gasteiger partial charge >= 0.3 is 0 Å². The standard InChI is InChI=1S/C13H19NO2/c1-8-4-11-12(15)6-10(14-3)7-16-13(11)5-9(8)2/h4-5,10,12,14-15H,6-7H2,1-3H3/t10-,12+/m1/s1. The van der Waals surface area contributed by atoms with Crippen molar-refractivity contribution >= 4 is 0 Å². The van der Waals surface area contributed by atoms with Gasteiger partial charge in [0, 0.05) is 11.6 Å². The number of fused-ring (bicyclic) bond motifs is 1. The fourth-order valence-electron chi connectivity index (χ4n) is 2.05. The van der Waals surface area contributed by atoms with Gasteiger partial charge in [-0.1, -0.05) is 0 Å². The first-order chi connectivity index (χ1) is 7.61. The van der Waals surface area contributed by atoms with Crippen molar-refractivity contribution in [2.75, 3.05) is 13.7 Å². The summed E-state index contributed by atoms with van der Waals surface area (Å²) >= 11 is 0. The Morgan fingerprint density at radius 1 is 1.31 bits per heavy atom. The average molecular weight is 221 g/mol. The van der Waals surface area contributed by atoms with E-state index >= 15 is 0 Å². The lowest BCUT2D eigenvalue weighted by molar-refractivity contribution is 0.153. The monoisotopic (exact) mass is 221 g/mol. The highest BCUT2D eigenvalue weighted by molar-refractivity contribution is 5.43. The summed E-state index contributed by atoms with van der Waals surface area (Å²) in [4.78, 5) is 0. The third-order valence-corrected chi connectivity index (χ3v) is 3.34. The predicted molar refractivity (Wildman–Crippen MR) is 63.8 cm³/mol. The van der Waals surface area contributed by atoms with E-state index in [1.165, 1.54) is 11.1 Å². The molecule has 1 aromatic carbocycles. The molecule has 0 radical (unpaired) electrons. The van der Waals surface area contributed by atoms with E-state index in [2.05, 4.69) is 19.2 Å². The average Bonchev–Trinajstić information content (AvgIpc) is 2.41. The molecule has 1 heterocycles. The molecular formula is C13H19NO2. The van der Waals surface area contributed by atoms with E-state index in [-0.39, 0.29) is 6.04 Å². The molecule has 0 unspecified atom stereocenters. The molecule has 16 heavy (non-hydrogen) atoms. The maximum absolute atomic E-state index is 10.1. The summed E-state index contributed by atoms with van der Waals surface area (Å²) in [7, 11) is 1.90. The van der Waals surface area contributed by atoms with E-state index in [1.807, 2.05) is 19.2 Å². The maximum atomic E-state index is 10.1. The van der Waals surface area contributed by atoms with E-state index in [0.29, 0.717) is 13.0 Å². The Morgan fingerprint density at radius 3 is 2.69 bits per heavy atom. The van der Waals surface area contributed by atoms with E-state index < -0.39 is 6.10 Å². The molecule has 3 heteroatoms. The van der Waals surface area contributed by atoms with Gasteiger partial charge in [0.15, 0.2) is 0 Å². The third kappa shape index (κ3) is 2.06. The van der Waals surface area contributed by atoms with Crippen LogP contribution in [0, 0.1) is 13.8 Å². The molecule has 0 bridgehead atoms. The van der Waals surface area contributed by atoms with Gasteiger partial charge in [0.1, 0.15) is 12.4 Å². The summed E-state index contributed by atoms with van der Waals surface area (Å²) in [6.07, 6.45) is 0.265. The van der Waals surface area contributed by atoms with Crippen molar-refractivity contribution in [2.24, 2.45) is 0 Å². The summed E-state index contributed by atoms with van der Waals surface area (Å²) in [6.45, 7) is 4.73. The van der Waals surface area contributed by atoms with Crippen molar-refractivity contribution in [3.8, 4) is 5.75 Å². The first-order valence-electron chi connectivity index (χ1n) is 5.71. The normalized spacial score (nSPS) is 24.5. The van der Waals surface area contributed by atoms with Crippen molar-refractivity contribution in [1.29, 1.82) is 0 Å². The van der Waals surface area contributed by atoms with Crippen LogP contribution < -0.4 is 10.1 Å². The van der Waals surface area contributed by atoms with Gasteiger partial charge in [-0.15, -0.1) is 0 Å². The predicted octanol–water partition coefficient (Wildman–Crippen LogP) is 1.71. The molecule has 0 aliphatic carbocycles. The van der Waals surface area contributed by atoms with Crippen LogP contribution in [0.25, 0.3) is 0 Å². The van der Waals surface area contributed by atoms with Crippen LogP contribution in [0.3, 0.4) is 0 Å². The molecule has 2 atom stereocenters. The van der Waals surface area contributed by atoms with Gasteiger partial charge in [-0.05, 0) is 50.6 Å². The molecule has 0 aromatic heterocycles. The molecule has 1 aliphatic rings. The minimum atomic E-state index is -0.436. The summed E-state index contributed by atoms with van der Waals surface area (Å²) in [5.41, 5.74) is 3.32. The van der Waals surface area contributed by atoms with Gasteiger partial charge in [0.25, 0.3) is 0 Å². The van der Waals surface area contributed by atoms with Crippen molar-refractivity contribution in [3.05, 3.63) is 28.8 Å². The van der Waals surface area contributed by atoms with Gasteiger partial charge in [0.05, 0.1) is 6.10 Å². The van der Waals surface area contributed by atoms with E-state index in [0.717, 1.165) is 11.3 Å². The zero-order chi connectivity index (χ0) is 11.7. The number of hydrogen-bond acceptors (Lipinski definition) is 3. The first kappa shape index (κ1) is 11.4. The van der Waals surface area contributed by atoms with E-state index in [1.54, 1.807) is 0 Å². The van der Waals surface area contributed by atoms with Gasteiger partial charge in [-0.3, -0.25) is 0 Å². The van der Waals surface area contributed by atoms with Gasteiger partial charge in [0.2, 0.25) is 0 Å². The lowest BCUT2D eigenvalue weighted by Crippen LogP contribution is -2.31. The Labute approximate surface area is 96.4 Å². The SMILES string of the molecule is CN[C@H]1COc2cc(C)c(C)cc2[C@@H](O)C1. The second kappa shape index (κ2) is 4.44. The van der Waals surface area contributed by atoms with Crippen molar-refractivity contribution in [3.63, 3.8) is 0 Å². The largest absolute Gasteiger partial charge is 0.492 e. The molecule has 0 spiro atoms. The highest BCUT2D eigenvalue weighted by Crippen LogP contribution is 2.33. The van der Waals surface area contributed by atoms with Crippen LogP contribution in [0.5, 0.6) is 5.75 Å². The van der Waals surface area contributed by atoms with E-state index in [9.17, 15) is 5.11 Å². The topological polar surface area (TPSA) is 41.5 Å². The number of nitrogens with one attached hydrogen (secondary N) is 1. The number of benzene rings is 1. The lowest BCUT2D eigenvalue weighted by Gasteiger charge is -2.14. The molecule has 2 rings (SSSR count). The molecule has 0 amide bonds. The fraction of sp³-hybridized carbons (Fsp3) is 0.538.